The van der Waals surface area contributed by atoms with Gasteiger partial charge in [-0.1, -0.05) is 41.4 Å². The lowest BCUT2D eigenvalue weighted by atomic mass is 10.2. The standard InChI is InChI=1S/C14H12BrCl2N3S/c1-8-12(17)6-10(15)13(19-8)20-14(21)18-7-9-4-2-3-5-11(9)16/h2-6H,7H2,1H3,(H2,18,19,20,21). The number of halogens is 3. The minimum atomic E-state index is 0.463. The fourth-order valence-corrected chi connectivity index (χ4v) is 2.69. The van der Waals surface area contributed by atoms with Gasteiger partial charge in [-0.3, -0.25) is 0 Å². The van der Waals surface area contributed by atoms with Gasteiger partial charge in [-0.05, 0) is 52.8 Å². The first-order chi connectivity index (χ1) is 9.97. The van der Waals surface area contributed by atoms with E-state index in [-0.39, 0.29) is 0 Å². The summed E-state index contributed by atoms with van der Waals surface area (Å²) in [6, 6.07) is 9.39. The summed E-state index contributed by atoms with van der Waals surface area (Å²) in [4.78, 5) is 4.34. The number of pyridine rings is 1. The summed E-state index contributed by atoms with van der Waals surface area (Å²) in [5, 5.41) is 7.89. The Morgan fingerprint density at radius 1 is 1.29 bits per heavy atom. The average molecular weight is 405 g/mol. The quantitative estimate of drug-likeness (QED) is 0.710. The van der Waals surface area contributed by atoms with Crippen LogP contribution in [-0.2, 0) is 6.54 Å². The summed E-state index contributed by atoms with van der Waals surface area (Å²) in [6.07, 6.45) is 0. The van der Waals surface area contributed by atoms with Gasteiger partial charge < -0.3 is 10.6 Å². The average Bonchev–Trinajstić information content (AvgIpc) is 2.44. The second-order valence-electron chi connectivity index (χ2n) is 4.29. The normalized spacial score (nSPS) is 10.3. The van der Waals surface area contributed by atoms with Gasteiger partial charge in [-0.25, -0.2) is 4.98 Å². The van der Waals surface area contributed by atoms with Crippen molar-refractivity contribution >= 4 is 62.3 Å². The van der Waals surface area contributed by atoms with Gasteiger partial charge >= 0.3 is 0 Å². The number of hydrogen-bond donors (Lipinski definition) is 2. The highest BCUT2D eigenvalue weighted by Crippen LogP contribution is 2.26. The number of aryl methyl sites for hydroxylation is 1. The van der Waals surface area contributed by atoms with Gasteiger partial charge in [0, 0.05) is 11.6 Å². The molecule has 1 heterocycles. The molecule has 21 heavy (non-hydrogen) atoms. The molecule has 110 valence electrons. The van der Waals surface area contributed by atoms with Gasteiger partial charge in [0.2, 0.25) is 0 Å². The highest BCUT2D eigenvalue weighted by atomic mass is 79.9. The van der Waals surface area contributed by atoms with Crippen molar-refractivity contribution < 1.29 is 0 Å². The molecule has 0 saturated carbocycles. The third-order valence-corrected chi connectivity index (χ3v) is 4.34. The van der Waals surface area contributed by atoms with E-state index in [1.165, 1.54) is 0 Å². The molecule has 1 aromatic carbocycles. The highest BCUT2D eigenvalue weighted by Gasteiger charge is 2.08. The van der Waals surface area contributed by atoms with E-state index in [0.29, 0.717) is 27.5 Å². The first-order valence-corrected chi connectivity index (χ1v) is 8.04. The van der Waals surface area contributed by atoms with E-state index in [9.17, 15) is 0 Å². The number of benzene rings is 1. The summed E-state index contributed by atoms with van der Waals surface area (Å²) in [5.41, 5.74) is 1.71. The van der Waals surface area contributed by atoms with Crippen LogP contribution in [0.3, 0.4) is 0 Å². The molecule has 7 heteroatoms. The maximum absolute atomic E-state index is 6.09. The zero-order chi connectivity index (χ0) is 15.4. The molecule has 0 saturated heterocycles. The minimum absolute atomic E-state index is 0.463. The molecule has 2 N–H and O–H groups in total. The van der Waals surface area contributed by atoms with Gasteiger partial charge in [0.1, 0.15) is 5.82 Å². The molecule has 2 aromatic rings. The van der Waals surface area contributed by atoms with Crippen molar-refractivity contribution in [3.05, 3.63) is 56.1 Å². The molecule has 0 radical (unpaired) electrons. The second kappa shape index (κ2) is 7.40. The van der Waals surface area contributed by atoms with Gasteiger partial charge in [0.05, 0.1) is 15.2 Å². The van der Waals surface area contributed by atoms with Crippen LogP contribution in [0.25, 0.3) is 0 Å². The molecule has 0 aliphatic carbocycles. The number of rotatable bonds is 3. The summed E-state index contributed by atoms with van der Waals surface area (Å²) in [7, 11) is 0. The summed E-state index contributed by atoms with van der Waals surface area (Å²) in [5.74, 6) is 0.619. The van der Waals surface area contributed by atoms with Gasteiger partial charge in [0.25, 0.3) is 0 Å². The molecular formula is C14H12BrCl2N3S. The van der Waals surface area contributed by atoms with E-state index >= 15 is 0 Å². The Labute approximate surface area is 147 Å². The SMILES string of the molecule is Cc1nc(NC(=S)NCc2ccccc2Cl)c(Br)cc1Cl. The number of nitrogens with one attached hydrogen (secondary N) is 2. The zero-order valence-corrected chi connectivity index (χ0v) is 15.0. The number of anilines is 1. The molecule has 0 aliphatic heterocycles. The van der Waals surface area contributed by atoms with E-state index in [1.807, 2.05) is 31.2 Å². The van der Waals surface area contributed by atoms with Crippen LogP contribution >= 0.6 is 51.3 Å². The van der Waals surface area contributed by atoms with Crippen LogP contribution in [0, 0.1) is 6.92 Å². The molecule has 0 unspecified atom stereocenters. The van der Waals surface area contributed by atoms with Crippen LogP contribution in [-0.4, -0.2) is 10.1 Å². The fraction of sp³-hybridized carbons (Fsp3) is 0.143. The summed E-state index contributed by atoms with van der Waals surface area (Å²) in [6.45, 7) is 2.37. The molecular weight excluding hydrogens is 393 g/mol. The van der Waals surface area contributed by atoms with Crippen molar-refractivity contribution in [3.8, 4) is 0 Å². The topological polar surface area (TPSA) is 37.0 Å². The number of hydrogen-bond acceptors (Lipinski definition) is 2. The largest absolute Gasteiger partial charge is 0.358 e. The molecule has 1 aromatic heterocycles. The zero-order valence-electron chi connectivity index (χ0n) is 11.1. The summed E-state index contributed by atoms with van der Waals surface area (Å²) < 4.78 is 0.750. The van der Waals surface area contributed by atoms with Crippen LogP contribution in [0.15, 0.2) is 34.8 Å². The smallest absolute Gasteiger partial charge is 0.172 e. The molecule has 0 spiro atoms. The van der Waals surface area contributed by atoms with E-state index in [2.05, 4.69) is 31.5 Å². The van der Waals surface area contributed by atoms with E-state index < -0.39 is 0 Å². The molecule has 2 rings (SSSR count). The van der Waals surface area contributed by atoms with Crippen molar-refractivity contribution in [3.63, 3.8) is 0 Å². The van der Waals surface area contributed by atoms with Crippen molar-refractivity contribution in [1.82, 2.24) is 10.3 Å². The van der Waals surface area contributed by atoms with Crippen LogP contribution < -0.4 is 10.6 Å². The maximum Gasteiger partial charge on any atom is 0.172 e. The first kappa shape index (κ1) is 16.5. The van der Waals surface area contributed by atoms with Gasteiger partial charge in [0.15, 0.2) is 5.11 Å². The van der Waals surface area contributed by atoms with Crippen LogP contribution in [0.4, 0.5) is 5.82 Å². The van der Waals surface area contributed by atoms with Crippen molar-refractivity contribution in [1.29, 1.82) is 0 Å². The van der Waals surface area contributed by atoms with Crippen LogP contribution in [0.5, 0.6) is 0 Å². The monoisotopic (exact) mass is 403 g/mol. The molecule has 3 nitrogen and oxygen atoms in total. The Bertz CT molecular complexity index is 679. The predicted octanol–water partition coefficient (Wildman–Crippen LogP) is 4.95. The fourth-order valence-electron chi connectivity index (χ4n) is 1.62. The maximum atomic E-state index is 6.09. The van der Waals surface area contributed by atoms with Gasteiger partial charge in [-0.15, -0.1) is 0 Å². The Hall–Kier alpha value is -0.880. The first-order valence-electron chi connectivity index (χ1n) is 6.08. The number of nitrogens with zero attached hydrogens (tertiary/aromatic N) is 1. The van der Waals surface area contributed by atoms with Crippen molar-refractivity contribution in [2.45, 2.75) is 13.5 Å². The predicted molar refractivity (Wildman–Crippen MR) is 96.2 cm³/mol. The summed E-state index contributed by atoms with van der Waals surface area (Å²) >= 11 is 20.7. The lowest BCUT2D eigenvalue weighted by molar-refractivity contribution is 0.924. The second-order valence-corrected chi connectivity index (χ2v) is 6.36. The molecule has 0 atom stereocenters. The third-order valence-electron chi connectivity index (χ3n) is 2.73. The Balaban J connectivity index is 1.99. The number of thiocarbonyl (C=S) groups is 1. The van der Waals surface area contributed by atoms with Gasteiger partial charge in [-0.2, -0.15) is 0 Å². The Morgan fingerprint density at radius 2 is 2.00 bits per heavy atom. The molecule has 0 amide bonds. The van der Waals surface area contributed by atoms with E-state index in [0.717, 1.165) is 15.7 Å². The Kier molecular flexibility index (Phi) is 5.81. The number of aromatic nitrogens is 1. The van der Waals surface area contributed by atoms with E-state index in [1.54, 1.807) is 6.07 Å². The lowest BCUT2D eigenvalue weighted by Crippen LogP contribution is -2.28. The molecule has 0 aliphatic rings. The lowest BCUT2D eigenvalue weighted by Gasteiger charge is -2.12. The third kappa shape index (κ3) is 4.54. The van der Waals surface area contributed by atoms with E-state index in [4.69, 9.17) is 35.4 Å². The van der Waals surface area contributed by atoms with Crippen molar-refractivity contribution in [2.75, 3.05) is 5.32 Å². The van der Waals surface area contributed by atoms with Crippen LogP contribution in [0.1, 0.15) is 11.3 Å². The Morgan fingerprint density at radius 3 is 2.71 bits per heavy atom. The van der Waals surface area contributed by atoms with Crippen molar-refractivity contribution in [2.24, 2.45) is 0 Å². The highest BCUT2D eigenvalue weighted by molar-refractivity contribution is 9.10. The molecule has 0 bridgehead atoms. The minimum Gasteiger partial charge on any atom is -0.358 e. The van der Waals surface area contributed by atoms with Crippen LogP contribution in [0.2, 0.25) is 10.0 Å². The molecule has 0 fully saturated rings.